The van der Waals surface area contributed by atoms with Crippen LogP contribution in [0.1, 0.15) is 31.7 Å². The Hall–Kier alpha value is -1.84. The zero-order valence-electron chi connectivity index (χ0n) is 10.8. The Kier molecular flexibility index (Phi) is 3.65. The molecule has 0 saturated heterocycles. The van der Waals surface area contributed by atoms with Gasteiger partial charge in [-0.05, 0) is 24.1 Å². The third kappa shape index (κ3) is 1.98. The normalized spacial score (nSPS) is 11.0. The molecule has 1 heterocycles. The van der Waals surface area contributed by atoms with Gasteiger partial charge < -0.3 is 9.67 Å². The minimum atomic E-state index is -0.00889. The second-order valence-corrected chi connectivity index (χ2v) is 4.59. The number of hydrogen-bond acceptors (Lipinski definition) is 3. The summed E-state index contributed by atoms with van der Waals surface area (Å²) in [5.74, 6) is -0.00889. The van der Waals surface area contributed by atoms with E-state index in [2.05, 4.69) is 12.1 Å². The fourth-order valence-corrected chi connectivity index (χ4v) is 2.39. The number of fused-ring (bicyclic) bond motifs is 1. The van der Waals surface area contributed by atoms with Crippen LogP contribution in [0.4, 0.5) is 5.69 Å². The molecular formula is C14H18N2O2. The van der Waals surface area contributed by atoms with Gasteiger partial charge in [-0.25, -0.2) is 0 Å². The van der Waals surface area contributed by atoms with E-state index in [0.29, 0.717) is 0 Å². The van der Waals surface area contributed by atoms with E-state index < -0.39 is 0 Å². The van der Waals surface area contributed by atoms with Crippen molar-refractivity contribution >= 4 is 16.6 Å². The number of nitrogens with zero attached hydrogens (tertiary/aromatic N) is 2. The largest absolute Gasteiger partial charge is 0.493 e. The van der Waals surface area contributed by atoms with Crippen LogP contribution in [-0.2, 0) is 6.54 Å². The molecule has 18 heavy (non-hydrogen) atoms. The summed E-state index contributed by atoms with van der Waals surface area (Å²) >= 11 is 0. The summed E-state index contributed by atoms with van der Waals surface area (Å²) in [6, 6.07) is 5.68. The fourth-order valence-electron chi connectivity index (χ4n) is 2.39. The predicted molar refractivity (Wildman–Crippen MR) is 73.3 cm³/mol. The van der Waals surface area contributed by atoms with Crippen molar-refractivity contribution in [2.24, 2.45) is 5.18 Å². The quantitative estimate of drug-likeness (QED) is 0.633. The maximum absolute atomic E-state index is 10.9. The van der Waals surface area contributed by atoms with Crippen molar-refractivity contribution in [3.05, 3.63) is 28.7 Å². The van der Waals surface area contributed by atoms with Crippen molar-refractivity contribution in [2.75, 3.05) is 0 Å². The highest BCUT2D eigenvalue weighted by Gasteiger charge is 2.18. The highest BCUT2D eigenvalue weighted by atomic mass is 16.3. The molecule has 0 saturated carbocycles. The lowest BCUT2D eigenvalue weighted by Gasteiger charge is -2.07. The summed E-state index contributed by atoms with van der Waals surface area (Å²) < 4.78 is 1.80. The van der Waals surface area contributed by atoms with E-state index in [-0.39, 0.29) is 11.6 Å². The van der Waals surface area contributed by atoms with Crippen molar-refractivity contribution in [2.45, 2.75) is 39.7 Å². The van der Waals surface area contributed by atoms with E-state index in [0.717, 1.165) is 42.3 Å². The molecule has 0 atom stereocenters. The molecule has 1 N–H and O–H groups in total. The molecule has 0 spiro atoms. The van der Waals surface area contributed by atoms with Gasteiger partial charge in [0.15, 0.2) is 5.69 Å². The molecule has 0 aliphatic carbocycles. The summed E-state index contributed by atoms with van der Waals surface area (Å²) in [5.41, 5.74) is 2.13. The summed E-state index contributed by atoms with van der Waals surface area (Å²) in [6.07, 6.45) is 3.22. The summed E-state index contributed by atoms with van der Waals surface area (Å²) in [5, 5.41) is 13.8. The molecule has 1 aromatic carbocycles. The monoisotopic (exact) mass is 246 g/mol. The second kappa shape index (κ2) is 5.21. The SMILES string of the molecule is CCCCCn1c(O)c(N=O)c2cccc(C)c21. The lowest BCUT2D eigenvalue weighted by atomic mass is 10.1. The van der Waals surface area contributed by atoms with E-state index in [9.17, 15) is 10.0 Å². The van der Waals surface area contributed by atoms with Gasteiger partial charge in [-0.2, -0.15) is 0 Å². The number of hydrogen-bond donors (Lipinski definition) is 1. The average Bonchev–Trinajstić information content (AvgIpc) is 2.63. The Morgan fingerprint density at radius 1 is 1.33 bits per heavy atom. The Labute approximate surface area is 106 Å². The minimum Gasteiger partial charge on any atom is -0.493 e. The van der Waals surface area contributed by atoms with E-state index >= 15 is 0 Å². The Balaban J connectivity index is 2.56. The van der Waals surface area contributed by atoms with Crippen LogP contribution < -0.4 is 0 Å². The predicted octanol–water partition coefficient (Wildman–Crippen LogP) is 4.24. The summed E-state index contributed by atoms with van der Waals surface area (Å²) in [4.78, 5) is 10.9. The molecule has 0 aliphatic rings. The van der Waals surface area contributed by atoms with Crippen LogP contribution in [0, 0.1) is 11.8 Å². The molecule has 1 aromatic heterocycles. The molecule has 96 valence electrons. The molecular weight excluding hydrogens is 228 g/mol. The number of aromatic nitrogens is 1. The van der Waals surface area contributed by atoms with Gasteiger partial charge in [0.05, 0.1) is 5.52 Å². The van der Waals surface area contributed by atoms with E-state index in [4.69, 9.17) is 0 Å². The maximum Gasteiger partial charge on any atom is 0.222 e. The van der Waals surface area contributed by atoms with Gasteiger partial charge in [-0.3, -0.25) is 0 Å². The molecule has 0 unspecified atom stereocenters. The molecule has 4 heteroatoms. The van der Waals surface area contributed by atoms with Gasteiger partial charge in [-0.1, -0.05) is 38.0 Å². The van der Waals surface area contributed by atoms with Crippen LogP contribution in [-0.4, -0.2) is 9.67 Å². The topological polar surface area (TPSA) is 54.6 Å². The molecule has 2 rings (SSSR count). The first-order chi connectivity index (χ1) is 8.70. The van der Waals surface area contributed by atoms with Crippen LogP contribution in [0.15, 0.2) is 23.4 Å². The smallest absolute Gasteiger partial charge is 0.222 e. The first-order valence-electron chi connectivity index (χ1n) is 6.34. The van der Waals surface area contributed by atoms with E-state index in [1.54, 1.807) is 4.57 Å². The molecule has 0 radical (unpaired) electrons. The fraction of sp³-hybridized carbons (Fsp3) is 0.429. The van der Waals surface area contributed by atoms with Crippen molar-refractivity contribution in [3.8, 4) is 5.88 Å². The van der Waals surface area contributed by atoms with Gasteiger partial charge >= 0.3 is 0 Å². The molecule has 0 bridgehead atoms. The van der Waals surface area contributed by atoms with Gasteiger partial charge in [0.25, 0.3) is 0 Å². The molecule has 0 amide bonds. The first-order valence-corrected chi connectivity index (χ1v) is 6.34. The van der Waals surface area contributed by atoms with Crippen LogP contribution in [0.2, 0.25) is 0 Å². The van der Waals surface area contributed by atoms with Crippen LogP contribution in [0.5, 0.6) is 5.88 Å². The number of aromatic hydroxyl groups is 1. The average molecular weight is 246 g/mol. The first kappa shape index (κ1) is 12.6. The highest BCUT2D eigenvalue weighted by Crippen LogP contribution is 2.39. The maximum atomic E-state index is 10.9. The Morgan fingerprint density at radius 3 is 2.78 bits per heavy atom. The molecule has 0 fully saturated rings. The summed E-state index contributed by atoms with van der Waals surface area (Å²) in [7, 11) is 0. The number of para-hydroxylation sites is 1. The lowest BCUT2D eigenvalue weighted by Crippen LogP contribution is -1.98. The summed E-state index contributed by atoms with van der Waals surface area (Å²) in [6.45, 7) is 4.83. The lowest BCUT2D eigenvalue weighted by molar-refractivity contribution is 0.417. The zero-order chi connectivity index (χ0) is 13.1. The van der Waals surface area contributed by atoms with Crippen molar-refractivity contribution < 1.29 is 5.11 Å². The third-order valence-electron chi connectivity index (χ3n) is 3.31. The van der Waals surface area contributed by atoms with Crippen LogP contribution in [0.25, 0.3) is 10.9 Å². The van der Waals surface area contributed by atoms with Gasteiger partial charge in [0.1, 0.15) is 0 Å². The number of benzene rings is 1. The Morgan fingerprint density at radius 2 is 2.11 bits per heavy atom. The number of unbranched alkanes of at least 4 members (excludes halogenated alkanes) is 2. The van der Waals surface area contributed by atoms with Gasteiger partial charge in [-0.15, -0.1) is 4.91 Å². The number of nitroso groups, excluding NO2 is 1. The number of aryl methyl sites for hydroxylation is 2. The van der Waals surface area contributed by atoms with Crippen LogP contribution in [0.3, 0.4) is 0 Å². The molecule has 0 aliphatic heterocycles. The molecule has 2 aromatic rings. The standard InChI is InChI=1S/C14H18N2O2/c1-3-4-5-9-16-13-10(2)7-6-8-11(13)12(15-18)14(16)17/h6-8,17H,3-5,9H2,1-2H3. The van der Waals surface area contributed by atoms with E-state index in [1.165, 1.54) is 0 Å². The van der Waals surface area contributed by atoms with Crippen molar-refractivity contribution in [1.29, 1.82) is 0 Å². The van der Waals surface area contributed by atoms with Crippen molar-refractivity contribution in [1.82, 2.24) is 4.57 Å². The highest BCUT2D eigenvalue weighted by molar-refractivity contribution is 5.96. The van der Waals surface area contributed by atoms with Crippen molar-refractivity contribution in [3.63, 3.8) is 0 Å². The van der Waals surface area contributed by atoms with Gasteiger partial charge in [0, 0.05) is 11.9 Å². The van der Waals surface area contributed by atoms with Crippen LogP contribution >= 0.6 is 0 Å². The molecule has 4 nitrogen and oxygen atoms in total. The van der Waals surface area contributed by atoms with Gasteiger partial charge in [0.2, 0.25) is 5.88 Å². The number of rotatable bonds is 5. The Bertz CT molecular complexity index is 573. The second-order valence-electron chi connectivity index (χ2n) is 4.59. The third-order valence-corrected chi connectivity index (χ3v) is 3.31. The minimum absolute atomic E-state index is 0.00889. The zero-order valence-corrected chi connectivity index (χ0v) is 10.8. The van der Waals surface area contributed by atoms with E-state index in [1.807, 2.05) is 25.1 Å².